The Morgan fingerprint density at radius 1 is 1.26 bits per heavy atom. The predicted molar refractivity (Wildman–Crippen MR) is 138 cm³/mol. The molecule has 3 atom stereocenters. The first kappa shape index (κ1) is 29.1. The molecule has 13 heteroatoms. The van der Waals surface area contributed by atoms with E-state index in [9.17, 15) is 22.8 Å². The number of hydrogen-bond donors (Lipinski definition) is 3. The van der Waals surface area contributed by atoms with Crippen LogP contribution < -0.4 is 16.4 Å². The van der Waals surface area contributed by atoms with Gasteiger partial charge in [0.15, 0.2) is 0 Å². The molecule has 4 N–H and O–H groups in total. The third kappa shape index (κ3) is 7.32. The van der Waals surface area contributed by atoms with Gasteiger partial charge >= 0.3 is 6.09 Å². The zero-order valence-corrected chi connectivity index (χ0v) is 22.2. The third-order valence-electron chi connectivity index (χ3n) is 5.49. The van der Waals surface area contributed by atoms with Gasteiger partial charge in [-0.25, -0.2) is 22.9 Å². The van der Waals surface area contributed by atoms with E-state index in [-0.39, 0.29) is 47.1 Å². The van der Waals surface area contributed by atoms with Crippen LogP contribution in [0.3, 0.4) is 0 Å². The van der Waals surface area contributed by atoms with Gasteiger partial charge in [0.2, 0.25) is 0 Å². The van der Waals surface area contributed by atoms with Crippen molar-refractivity contribution in [3.63, 3.8) is 0 Å². The highest BCUT2D eigenvalue weighted by molar-refractivity contribution is 7.13. The Hall–Kier alpha value is -3.45. The molecule has 2 heterocycles. The molecule has 0 aliphatic carbocycles. The van der Waals surface area contributed by atoms with Crippen LogP contribution in [0.1, 0.15) is 44.1 Å². The number of nitrogens with two attached hydrogens (primary N) is 1. The topological polar surface area (TPSA) is 128 Å². The second kappa shape index (κ2) is 12.4. The number of ether oxygens (including phenoxy) is 2. The van der Waals surface area contributed by atoms with Crippen LogP contribution in [0.5, 0.6) is 0 Å². The first-order valence-corrected chi connectivity index (χ1v) is 12.7. The Morgan fingerprint density at radius 2 is 1.95 bits per heavy atom. The molecule has 3 rings (SSSR count). The number of amides is 2. The van der Waals surface area contributed by atoms with Gasteiger partial charge in [0.1, 0.15) is 40.2 Å². The summed E-state index contributed by atoms with van der Waals surface area (Å²) < 4.78 is 53.9. The van der Waals surface area contributed by atoms with Crippen LogP contribution in [0.4, 0.5) is 18.0 Å². The van der Waals surface area contributed by atoms with Gasteiger partial charge in [-0.2, -0.15) is 0 Å². The molecule has 0 radical (unpaired) electrons. The van der Waals surface area contributed by atoms with Crippen molar-refractivity contribution < 1.29 is 32.2 Å². The van der Waals surface area contributed by atoms with Crippen molar-refractivity contribution in [1.29, 1.82) is 0 Å². The maximum absolute atomic E-state index is 14.8. The van der Waals surface area contributed by atoms with E-state index in [1.54, 1.807) is 20.8 Å². The fourth-order valence-corrected chi connectivity index (χ4v) is 4.61. The largest absolute Gasteiger partial charge is 0.444 e. The highest BCUT2D eigenvalue weighted by Gasteiger charge is 2.33. The molecule has 2 aromatic rings. The molecule has 0 saturated carbocycles. The molecule has 1 aromatic carbocycles. The number of aromatic nitrogens is 1. The number of aliphatic imine (C=N–C) groups is 1. The van der Waals surface area contributed by atoms with E-state index >= 15 is 0 Å². The second-order valence-corrected chi connectivity index (χ2v) is 10.3. The molecule has 1 fully saturated rings. The second-order valence-electron chi connectivity index (χ2n) is 9.45. The zero-order valence-electron chi connectivity index (χ0n) is 21.4. The number of nitrogens with one attached hydrogen (secondary N) is 2. The van der Waals surface area contributed by atoms with Crippen LogP contribution in [-0.4, -0.2) is 60.3 Å². The molecule has 1 aliphatic heterocycles. The molecule has 1 saturated heterocycles. The average Bonchev–Trinajstić information content (AvgIpc) is 3.25. The lowest BCUT2D eigenvalue weighted by Gasteiger charge is -2.24. The number of rotatable bonds is 6. The summed E-state index contributed by atoms with van der Waals surface area (Å²) in [5.41, 5.74) is 4.96. The van der Waals surface area contributed by atoms with Crippen LogP contribution in [0, 0.1) is 11.6 Å². The normalized spacial score (nSPS) is 21.0. The Bertz CT molecular complexity index is 1210. The Labute approximate surface area is 222 Å². The molecule has 9 nitrogen and oxygen atoms in total. The van der Waals surface area contributed by atoms with Crippen LogP contribution >= 0.6 is 11.3 Å². The summed E-state index contributed by atoms with van der Waals surface area (Å²) in [7, 11) is 1.46. The van der Waals surface area contributed by atoms with Crippen LogP contribution in [0.2, 0.25) is 0 Å². The van der Waals surface area contributed by atoms with Crippen molar-refractivity contribution in [3.05, 3.63) is 52.8 Å². The van der Waals surface area contributed by atoms with Gasteiger partial charge in [0.25, 0.3) is 5.91 Å². The minimum Gasteiger partial charge on any atom is -0.444 e. The van der Waals surface area contributed by atoms with Crippen molar-refractivity contribution in [2.24, 2.45) is 10.7 Å². The molecule has 206 valence electrons. The summed E-state index contributed by atoms with van der Waals surface area (Å²) in [4.78, 5) is 33.2. The fourth-order valence-electron chi connectivity index (χ4n) is 3.77. The summed E-state index contributed by atoms with van der Waals surface area (Å²) in [5, 5.41) is 6.48. The van der Waals surface area contributed by atoms with Crippen molar-refractivity contribution in [2.75, 3.05) is 13.7 Å². The summed E-state index contributed by atoms with van der Waals surface area (Å²) in [5.74, 6) is -2.29. The highest BCUT2D eigenvalue weighted by Crippen LogP contribution is 2.29. The van der Waals surface area contributed by atoms with Gasteiger partial charge in [-0.15, -0.1) is 11.3 Å². The fraction of sp³-hybridized carbons (Fsp3) is 0.440. The summed E-state index contributed by atoms with van der Waals surface area (Å²) >= 11 is 0.903. The SMILES string of the molecule is CN=C(C(=CN)NC(=O)c1csc(-c2c(F)cccc2F)n1)C1CC[C@@H](NC(=O)OC(C)(C)C)[C@H](F)CO1. The standard InChI is InChI=1S/C25H30F3N5O4S/c1-25(2,3)37-24(35)33-16-8-9-19(36-11-15(16)28)21(30-4)17(10-29)31-22(34)18-12-38-23(32-18)20-13(26)6-5-7-14(20)27/h5-7,10,12,15-16,19H,8-9,11,29H2,1-4H3,(H,31,34)(H,33,35)/t15-,16-,19?/m1/s1. The predicted octanol–water partition coefficient (Wildman–Crippen LogP) is 4.10. The Morgan fingerprint density at radius 3 is 2.55 bits per heavy atom. The first-order chi connectivity index (χ1) is 17.9. The maximum Gasteiger partial charge on any atom is 0.407 e. The molecular weight excluding hydrogens is 523 g/mol. The minimum atomic E-state index is -1.50. The van der Waals surface area contributed by atoms with E-state index in [1.165, 1.54) is 18.5 Å². The molecule has 1 aliphatic rings. The Kier molecular flexibility index (Phi) is 9.50. The Balaban J connectivity index is 1.69. The minimum absolute atomic E-state index is 0.00183. The summed E-state index contributed by atoms with van der Waals surface area (Å²) in [6.07, 6.45) is -1.40. The third-order valence-corrected chi connectivity index (χ3v) is 6.35. The summed E-state index contributed by atoms with van der Waals surface area (Å²) in [6, 6.07) is 2.58. The number of carbonyl (C=O) groups excluding carboxylic acids is 2. The first-order valence-electron chi connectivity index (χ1n) is 11.8. The van der Waals surface area contributed by atoms with Gasteiger partial charge in [0.05, 0.1) is 29.6 Å². The van der Waals surface area contributed by atoms with Crippen LogP contribution in [-0.2, 0) is 9.47 Å². The van der Waals surface area contributed by atoms with Crippen molar-refractivity contribution >= 4 is 29.0 Å². The van der Waals surface area contributed by atoms with Crippen molar-refractivity contribution in [1.82, 2.24) is 15.6 Å². The summed E-state index contributed by atoms with van der Waals surface area (Å²) in [6.45, 7) is 4.78. The number of thiazole rings is 1. The number of halogens is 3. The molecule has 0 bridgehead atoms. The number of carbonyl (C=O) groups is 2. The molecule has 1 unspecified atom stereocenters. The van der Waals surface area contributed by atoms with Gasteiger partial charge in [-0.1, -0.05) is 6.07 Å². The van der Waals surface area contributed by atoms with E-state index in [0.29, 0.717) is 0 Å². The van der Waals surface area contributed by atoms with Crippen LogP contribution in [0.25, 0.3) is 10.6 Å². The number of benzene rings is 1. The maximum atomic E-state index is 14.8. The number of nitrogens with zero attached hydrogens (tertiary/aromatic N) is 2. The van der Waals surface area contributed by atoms with Gasteiger partial charge in [-0.3, -0.25) is 9.79 Å². The number of alkyl carbamates (subject to hydrolysis) is 1. The van der Waals surface area contributed by atoms with E-state index in [4.69, 9.17) is 15.2 Å². The van der Waals surface area contributed by atoms with E-state index < -0.39 is 47.6 Å². The zero-order chi connectivity index (χ0) is 28.0. The van der Waals surface area contributed by atoms with E-state index in [2.05, 4.69) is 20.6 Å². The smallest absolute Gasteiger partial charge is 0.407 e. The van der Waals surface area contributed by atoms with E-state index in [0.717, 1.165) is 29.7 Å². The molecule has 38 heavy (non-hydrogen) atoms. The lowest BCUT2D eigenvalue weighted by Crippen LogP contribution is -2.44. The van der Waals surface area contributed by atoms with Gasteiger partial charge in [0, 0.05) is 18.6 Å². The van der Waals surface area contributed by atoms with Gasteiger partial charge < -0.3 is 25.8 Å². The average molecular weight is 554 g/mol. The number of hydrogen-bond acceptors (Lipinski definition) is 8. The quantitative estimate of drug-likeness (QED) is 0.462. The monoisotopic (exact) mass is 553 g/mol. The van der Waals surface area contributed by atoms with Gasteiger partial charge in [-0.05, 0) is 45.7 Å². The molecule has 2 amide bonds. The molecule has 1 aromatic heterocycles. The van der Waals surface area contributed by atoms with E-state index in [1.807, 2.05) is 0 Å². The lowest BCUT2D eigenvalue weighted by atomic mass is 10.0. The number of alkyl halides is 1. The lowest BCUT2D eigenvalue weighted by molar-refractivity contribution is 0.0406. The van der Waals surface area contributed by atoms with Crippen molar-refractivity contribution in [3.8, 4) is 10.6 Å². The highest BCUT2D eigenvalue weighted by atomic mass is 32.1. The molecular formula is C25H30F3N5O4S. The van der Waals surface area contributed by atoms with Crippen molar-refractivity contribution in [2.45, 2.75) is 57.5 Å². The molecule has 0 spiro atoms. The van der Waals surface area contributed by atoms with Crippen LogP contribution in [0.15, 0.2) is 40.5 Å².